The van der Waals surface area contributed by atoms with Gasteiger partial charge in [0, 0.05) is 6.42 Å². The maximum absolute atomic E-state index is 11.7. The fraction of sp³-hybridized carbons (Fsp3) is 0.737. The van der Waals surface area contributed by atoms with Crippen molar-refractivity contribution in [2.45, 2.75) is 83.8 Å². The number of unbranched alkanes of at least 4 members (excludes halogenated alkanes) is 5. The molecule has 0 aliphatic heterocycles. The Labute approximate surface area is 141 Å². The van der Waals surface area contributed by atoms with Crippen LogP contribution >= 0.6 is 0 Å². The van der Waals surface area contributed by atoms with Gasteiger partial charge in [-0.05, 0) is 25.7 Å². The first-order valence-corrected chi connectivity index (χ1v) is 9.05. The summed E-state index contributed by atoms with van der Waals surface area (Å²) in [6.45, 7) is 4.00. The van der Waals surface area contributed by atoms with E-state index in [1.54, 1.807) is 6.08 Å². The van der Waals surface area contributed by atoms with Crippen LogP contribution in [0.25, 0.3) is 0 Å². The number of carbonyl (C=O) groups is 1. The lowest BCUT2D eigenvalue weighted by Gasteiger charge is -2.19. The average molecular weight is 325 g/mol. The number of nitrogens with one attached hydrogen (secondary N) is 1. The lowest BCUT2D eigenvalue weighted by molar-refractivity contribution is -0.123. The van der Waals surface area contributed by atoms with Crippen molar-refractivity contribution in [3.63, 3.8) is 0 Å². The molecule has 0 rings (SSSR count). The minimum atomic E-state index is -0.848. The van der Waals surface area contributed by atoms with Crippen LogP contribution in [0.3, 0.4) is 0 Å². The van der Waals surface area contributed by atoms with Crippen LogP contribution in [0.15, 0.2) is 24.3 Å². The molecule has 0 aliphatic carbocycles. The number of rotatable bonds is 14. The Morgan fingerprint density at radius 2 is 1.65 bits per heavy atom. The molecule has 0 fully saturated rings. The monoisotopic (exact) mass is 325 g/mol. The molecule has 0 saturated heterocycles. The number of hydrogen-bond donors (Lipinski definition) is 3. The van der Waals surface area contributed by atoms with Gasteiger partial charge in [0.25, 0.3) is 0 Å². The SMILES string of the molecule is CCCC/C=C/CC/C=C/C(O)C(CO)NC(=O)CCCCC. The van der Waals surface area contributed by atoms with Crippen molar-refractivity contribution >= 4 is 5.91 Å². The molecule has 1 amide bonds. The van der Waals surface area contributed by atoms with Crippen molar-refractivity contribution in [1.29, 1.82) is 0 Å². The number of aliphatic hydroxyl groups is 2. The van der Waals surface area contributed by atoms with Gasteiger partial charge in [0.15, 0.2) is 0 Å². The average Bonchev–Trinajstić information content (AvgIpc) is 2.55. The molecule has 0 aromatic heterocycles. The third-order valence-electron chi connectivity index (χ3n) is 3.69. The highest BCUT2D eigenvalue weighted by molar-refractivity contribution is 5.76. The quantitative estimate of drug-likeness (QED) is 0.338. The zero-order valence-corrected chi connectivity index (χ0v) is 14.8. The largest absolute Gasteiger partial charge is 0.394 e. The molecule has 0 saturated carbocycles. The molecule has 0 spiro atoms. The summed E-state index contributed by atoms with van der Waals surface area (Å²) in [7, 11) is 0. The molecule has 23 heavy (non-hydrogen) atoms. The van der Waals surface area contributed by atoms with Crippen molar-refractivity contribution in [2.75, 3.05) is 6.61 Å². The fourth-order valence-electron chi connectivity index (χ4n) is 2.17. The van der Waals surface area contributed by atoms with E-state index in [9.17, 15) is 15.0 Å². The van der Waals surface area contributed by atoms with Crippen LogP contribution in [-0.4, -0.2) is 34.9 Å². The lowest BCUT2D eigenvalue weighted by atomic mass is 10.1. The molecule has 3 N–H and O–H groups in total. The van der Waals surface area contributed by atoms with Crippen LogP contribution in [-0.2, 0) is 4.79 Å². The van der Waals surface area contributed by atoms with Gasteiger partial charge in [-0.15, -0.1) is 0 Å². The summed E-state index contributed by atoms with van der Waals surface area (Å²) in [6, 6.07) is -0.625. The first kappa shape index (κ1) is 21.9. The minimum absolute atomic E-state index is 0.108. The summed E-state index contributed by atoms with van der Waals surface area (Å²) in [5.41, 5.74) is 0. The van der Waals surface area contributed by atoms with Crippen molar-refractivity contribution in [3.05, 3.63) is 24.3 Å². The maximum atomic E-state index is 11.7. The van der Waals surface area contributed by atoms with Gasteiger partial charge in [-0.25, -0.2) is 0 Å². The first-order chi connectivity index (χ1) is 11.2. The topological polar surface area (TPSA) is 69.6 Å². The normalized spacial score (nSPS) is 14.4. The summed E-state index contributed by atoms with van der Waals surface area (Å²) in [6.07, 6.45) is 15.8. The lowest BCUT2D eigenvalue weighted by Crippen LogP contribution is -2.45. The Balaban J connectivity index is 3.98. The van der Waals surface area contributed by atoms with Crippen molar-refractivity contribution < 1.29 is 15.0 Å². The van der Waals surface area contributed by atoms with E-state index in [4.69, 9.17) is 0 Å². The zero-order valence-electron chi connectivity index (χ0n) is 14.8. The molecular formula is C19H35NO3. The molecule has 0 bridgehead atoms. The molecule has 134 valence electrons. The second-order valence-electron chi connectivity index (χ2n) is 5.92. The van der Waals surface area contributed by atoms with Gasteiger partial charge >= 0.3 is 0 Å². The highest BCUT2D eigenvalue weighted by Gasteiger charge is 2.17. The predicted octanol–water partition coefficient (Wildman–Crippen LogP) is 3.49. The molecule has 4 nitrogen and oxygen atoms in total. The van der Waals surface area contributed by atoms with Gasteiger partial charge in [-0.3, -0.25) is 4.79 Å². The molecule has 2 atom stereocenters. The number of hydrogen-bond acceptors (Lipinski definition) is 3. The Kier molecular flexibility index (Phi) is 15.0. The second-order valence-corrected chi connectivity index (χ2v) is 5.92. The Bertz CT molecular complexity index is 340. The van der Waals surface area contributed by atoms with Gasteiger partial charge in [0.1, 0.15) is 0 Å². The van der Waals surface area contributed by atoms with E-state index >= 15 is 0 Å². The molecule has 0 heterocycles. The molecule has 0 aromatic carbocycles. The molecular weight excluding hydrogens is 290 g/mol. The van der Waals surface area contributed by atoms with Crippen LogP contribution in [0.5, 0.6) is 0 Å². The third kappa shape index (κ3) is 13.0. The van der Waals surface area contributed by atoms with E-state index < -0.39 is 12.1 Å². The van der Waals surface area contributed by atoms with Crippen LogP contribution in [0.2, 0.25) is 0 Å². The molecule has 4 heteroatoms. The van der Waals surface area contributed by atoms with E-state index in [0.717, 1.165) is 38.5 Å². The van der Waals surface area contributed by atoms with Gasteiger partial charge < -0.3 is 15.5 Å². The van der Waals surface area contributed by atoms with E-state index in [2.05, 4.69) is 31.3 Å². The highest BCUT2D eigenvalue weighted by atomic mass is 16.3. The molecule has 0 radical (unpaired) electrons. The van der Waals surface area contributed by atoms with Crippen LogP contribution < -0.4 is 5.32 Å². The molecule has 2 unspecified atom stereocenters. The summed E-state index contributed by atoms with van der Waals surface area (Å²) in [4.78, 5) is 11.7. The summed E-state index contributed by atoms with van der Waals surface area (Å²) in [5.74, 6) is -0.108. The Morgan fingerprint density at radius 3 is 2.30 bits per heavy atom. The van der Waals surface area contributed by atoms with Gasteiger partial charge in [-0.2, -0.15) is 0 Å². The van der Waals surface area contributed by atoms with Crippen molar-refractivity contribution in [3.8, 4) is 0 Å². The fourth-order valence-corrected chi connectivity index (χ4v) is 2.17. The van der Waals surface area contributed by atoms with Gasteiger partial charge in [-0.1, -0.05) is 63.8 Å². The number of allylic oxidation sites excluding steroid dienone is 3. The third-order valence-corrected chi connectivity index (χ3v) is 3.69. The van der Waals surface area contributed by atoms with Gasteiger partial charge in [0.2, 0.25) is 5.91 Å². The van der Waals surface area contributed by atoms with Gasteiger partial charge in [0.05, 0.1) is 18.8 Å². The first-order valence-electron chi connectivity index (χ1n) is 9.05. The van der Waals surface area contributed by atoms with E-state index in [1.165, 1.54) is 12.8 Å². The van der Waals surface area contributed by atoms with Crippen LogP contribution in [0, 0.1) is 0 Å². The van der Waals surface area contributed by atoms with E-state index in [-0.39, 0.29) is 12.5 Å². The van der Waals surface area contributed by atoms with Crippen LogP contribution in [0.1, 0.15) is 71.6 Å². The number of aliphatic hydroxyl groups excluding tert-OH is 2. The van der Waals surface area contributed by atoms with E-state index in [0.29, 0.717) is 6.42 Å². The zero-order chi connectivity index (χ0) is 17.3. The van der Waals surface area contributed by atoms with Crippen LogP contribution in [0.4, 0.5) is 0 Å². The highest BCUT2D eigenvalue weighted by Crippen LogP contribution is 2.03. The molecule has 0 aliphatic rings. The standard InChI is InChI=1S/C19H35NO3/c1-3-5-7-8-9-10-11-13-14-18(22)17(16-21)20-19(23)15-12-6-4-2/h8-9,13-14,17-18,21-22H,3-7,10-12,15-16H2,1-2H3,(H,20,23)/b9-8+,14-13+. The predicted molar refractivity (Wildman–Crippen MR) is 96.2 cm³/mol. The smallest absolute Gasteiger partial charge is 0.220 e. The van der Waals surface area contributed by atoms with Crippen molar-refractivity contribution in [2.24, 2.45) is 0 Å². The summed E-state index contributed by atoms with van der Waals surface area (Å²) in [5, 5.41) is 22.0. The Hall–Kier alpha value is -1.13. The molecule has 0 aromatic rings. The summed E-state index contributed by atoms with van der Waals surface area (Å²) >= 11 is 0. The minimum Gasteiger partial charge on any atom is -0.394 e. The van der Waals surface area contributed by atoms with E-state index in [1.807, 2.05) is 6.08 Å². The number of carbonyl (C=O) groups excluding carboxylic acids is 1. The van der Waals surface area contributed by atoms with Crippen molar-refractivity contribution in [1.82, 2.24) is 5.32 Å². The second kappa shape index (κ2) is 15.8. The number of amides is 1. The summed E-state index contributed by atoms with van der Waals surface area (Å²) < 4.78 is 0. The maximum Gasteiger partial charge on any atom is 0.220 e. The Morgan fingerprint density at radius 1 is 1.00 bits per heavy atom.